The third-order valence-corrected chi connectivity index (χ3v) is 4.81. The summed E-state index contributed by atoms with van der Waals surface area (Å²) in [6, 6.07) is 4.49. The molecular weight excluding hydrogens is 292 g/mol. The predicted octanol–water partition coefficient (Wildman–Crippen LogP) is 2.58. The molecular formula is C17H22N4O2. The van der Waals surface area contributed by atoms with Gasteiger partial charge in [-0.15, -0.1) is 0 Å². The highest BCUT2D eigenvalue weighted by atomic mass is 16.3. The first-order valence-electron chi connectivity index (χ1n) is 8.41. The average Bonchev–Trinajstić information content (AvgIpc) is 3.40. The number of furan rings is 1. The van der Waals surface area contributed by atoms with Crippen molar-refractivity contribution >= 4 is 5.91 Å². The smallest absolute Gasteiger partial charge is 0.225 e. The number of rotatable bonds is 7. The van der Waals surface area contributed by atoms with Crippen LogP contribution in [0.25, 0.3) is 0 Å². The molecule has 1 amide bonds. The van der Waals surface area contributed by atoms with Gasteiger partial charge in [-0.1, -0.05) is 6.92 Å². The second kappa shape index (κ2) is 5.83. The van der Waals surface area contributed by atoms with Crippen molar-refractivity contribution in [3.05, 3.63) is 36.3 Å². The molecule has 2 aliphatic rings. The van der Waals surface area contributed by atoms with Gasteiger partial charge in [-0.05, 0) is 37.3 Å². The van der Waals surface area contributed by atoms with Crippen molar-refractivity contribution in [2.24, 2.45) is 5.92 Å². The predicted molar refractivity (Wildman–Crippen MR) is 83.4 cm³/mol. The number of hydrogen-bond donors (Lipinski definition) is 0. The molecule has 4 rings (SSSR count). The number of carbonyl (C=O) groups is 1. The van der Waals surface area contributed by atoms with Crippen molar-refractivity contribution in [3.8, 4) is 0 Å². The van der Waals surface area contributed by atoms with E-state index >= 15 is 0 Å². The third-order valence-electron chi connectivity index (χ3n) is 4.81. The van der Waals surface area contributed by atoms with Crippen LogP contribution in [0, 0.1) is 5.92 Å². The Morgan fingerprint density at radius 1 is 1.43 bits per heavy atom. The van der Waals surface area contributed by atoms with Gasteiger partial charge in [0.2, 0.25) is 5.91 Å². The quantitative estimate of drug-likeness (QED) is 0.788. The summed E-state index contributed by atoms with van der Waals surface area (Å²) in [5.74, 6) is 3.47. The number of carbonyl (C=O) groups excluding carboxylic acids is 1. The van der Waals surface area contributed by atoms with Crippen molar-refractivity contribution < 1.29 is 9.21 Å². The van der Waals surface area contributed by atoms with E-state index in [-0.39, 0.29) is 5.91 Å². The molecule has 6 nitrogen and oxygen atoms in total. The average molecular weight is 314 g/mol. The van der Waals surface area contributed by atoms with E-state index in [0.29, 0.717) is 31.5 Å². The van der Waals surface area contributed by atoms with E-state index in [9.17, 15) is 4.79 Å². The lowest BCUT2D eigenvalue weighted by Gasteiger charge is -2.21. The van der Waals surface area contributed by atoms with E-state index in [0.717, 1.165) is 30.3 Å². The van der Waals surface area contributed by atoms with E-state index in [4.69, 9.17) is 4.42 Å². The van der Waals surface area contributed by atoms with Crippen molar-refractivity contribution in [1.29, 1.82) is 0 Å². The van der Waals surface area contributed by atoms with Crippen molar-refractivity contribution in [3.63, 3.8) is 0 Å². The molecule has 23 heavy (non-hydrogen) atoms. The topological polar surface area (TPSA) is 64.2 Å². The fourth-order valence-corrected chi connectivity index (χ4v) is 3.07. The highest BCUT2D eigenvalue weighted by Gasteiger charge is 2.37. The van der Waals surface area contributed by atoms with Gasteiger partial charge in [0.15, 0.2) is 0 Å². The largest absolute Gasteiger partial charge is 0.464 e. The zero-order valence-corrected chi connectivity index (χ0v) is 13.4. The Morgan fingerprint density at radius 2 is 2.26 bits per heavy atom. The molecule has 2 saturated carbocycles. The highest BCUT2D eigenvalue weighted by Crippen LogP contribution is 2.47. The summed E-state index contributed by atoms with van der Waals surface area (Å²) in [5.41, 5.74) is 0. The minimum absolute atomic E-state index is 0.167. The van der Waals surface area contributed by atoms with E-state index in [2.05, 4.69) is 23.1 Å². The van der Waals surface area contributed by atoms with Gasteiger partial charge >= 0.3 is 0 Å². The maximum absolute atomic E-state index is 12.6. The van der Waals surface area contributed by atoms with Gasteiger partial charge in [0.25, 0.3) is 0 Å². The molecule has 2 heterocycles. The van der Waals surface area contributed by atoms with Crippen molar-refractivity contribution in [2.75, 3.05) is 0 Å². The number of amides is 1. The van der Waals surface area contributed by atoms with Gasteiger partial charge in [-0.2, -0.15) is 5.10 Å². The van der Waals surface area contributed by atoms with Crippen LogP contribution in [0.4, 0.5) is 0 Å². The second-order valence-corrected chi connectivity index (χ2v) is 6.78. The maximum atomic E-state index is 12.6. The molecule has 0 spiro atoms. The van der Waals surface area contributed by atoms with Crippen LogP contribution >= 0.6 is 0 Å². The van der Waals surface area contributed by atoms with E-state index in [1.165, 1.54) is 12.7 Å². The summed E-state index contributed by atoms with van der Waals surface area (Å²) < 4.78 is 7.66. The van der Waals surface area contributed by atoms with Crippen LogP contribution in [0.15, 0.2) is 29.2 Å². The Balaban J connectivity index is 1.37. The van der Waals surface area contributed by atoms with Crippen LogP contribution in [-0.2, 0) is 17.9 Å². The second-order valence-electron chi connectivity index (χ2n) is 6.78. The first-order chi connectivity index (χ1) is 11.2. The number of hydrogen-bond acceptors (Lipinski definition) is 4. The van der Waals surface area contributed by atoms with Gasteiger partial charge in [0, 0.05) is 18.4 Å². The Kier molecular flexibility index (Phi) is 3.67. The summed E-state index contributed by atoms with van der Waals surface area (Å²) >= 11 is 0. The zero-order chi connectivity index (χ0) is 15.8. The van der Waals surface area contributed by atoms with Crippen LogP contribution in [0.5, 0.6) is 0 Å². The molecule has 0 N–H and O–H groups in total. The minimum Gasteiger partial charge on any atom is -0.464 e. The molecule has 6 heteroatoms. The van der Waals surface area contributed by atoms with Crippen LogP contribution in [0.2, 0.25) is 0 Å². The lowest BCUT2D eigenvalue weighted by Crippen LogP contribution is -2.33. The minimum atomic E-state index is 0.167. The van der Waals surface area contributed by atoms with Gasteiger partial charge in [-0.25, -0.2) is 4.98 Å². The molecule has 0 bridgehead atoms. The molecule has 0 saturated heterocycles. The number of nitrogens with zero attached hydrogens (tertiary/aromatic N) is 4. The summed E-state index contributed by atoms with van der Waals surface area (Å²) in [6.45, 7) is 3.41. The summed E-state index contributed by atoms with van der Waals surface area (Å²) in [5, 5.41) is 4.05. The Labute approximate surface area is 135 Å². The lowest BCUT2D eigenvalue weighted by atomic mass is 10.2. The Morgan fingerprint density at radius 3 is 2.91 bits per heavy atom. The SMILES string of the molecule is C[C@H]1C[C@H]1c1ccc(CN(C(=O)CCn2cncn2)C2CC2)o1. The van der Waals surface area contributed by atoms with Crippen LogP contribution in [0.3, 0.4) is 0 Å². The van der Waals surface area contributed by atoms with E-state index in [1.54, 1.807) is 11.0 Å². The summed E-state index contributed by atoms with van der Waals surface area (Å²) in [6.07, 6.45) is 7.00. The number of aryl methyl sites for hydroxylation is 1. The molecule has 0 radical (unpaired) electrons. The van der Waals surface area contributed by atoms with Gasteiger partial charge in [-0.3, -0.25) is 9.48 Å². The molecule has 2 aliphatic carbocycles. The Hall–Kier alpha value is -2.11. The normalized spacial score (nSPS) is 23.0. The van der Waals surface area contributed by atoms with Crippen LogP contribution in [-0.4, -0.2) is 31.6 Å². The fraction of sp³-hybridized carbons (Fsp3) is 0.588. The fourth-order valence-electron chi connectivity index (χ4n) is 3.07. The molecule has 2 aromatic rings. The molecule has 0 aliphatic heterocycles. The van der Waals surface area contributed by atoms with Crippen LogP contribution < -0.4 is 0 Å². The lowest BCUT2D eigenvalue weighted by molar-refractivity contribution is -0.133. The number of aromatic nitrogens is 3. The molecule has 2 aromatic heterocycles. The monoisotopic (exact) mass is 314 g/mol. The first kappa shape index (κ1) is 14.5. The van der Waals surface area contributed by atoms with Crippen LogP contribution in [0.1, 0.15) is 50.0 Å². The molecule has 0 unspecified atom stereocenters. The zero-order valence-electron chi connectivity index (χ0n) is 13.4. The standard InChI is InChI=1S/C17H22N4O2/c1-12-8-15(12)16-5-4-14(23-16)9-21(13-2-3-13)17(22)6-7-20-11-18-10-19-20/h4-5,10-13,15H,2-3,6-9H2,1H3/t12-,15+/m0/s1. The first-order valence-corrected chi connectivity index (χ1v) is 8.41. The maximum Gasteiger partial charge on any atom is 0.225 e. The van der Waals surface area contributed by atoms with Gasteiger partial charge < -0.3 is 9.32 Å². The van der Waals surface area contributed by atoms with Crippen molar-refractivity contribution in [1.82, 2.24) is 19.7 Å². The van der Waals surface area contributed by atoms with Gasteiger partial charge in [0.05, 0.1) is 13.1 Å². The molecule has 122 valence electrons. The van der Waals surface area contributed by atoms with E-state index < -0.39 is 0 Å². The highest BCUT2D eigenvalue weighted by molar-refractivity contribution is 5.76. The van der Waals surface area contributed by atoms with E-state index in [1.807, 2.05) is 11.0 Å². The molecule has 2 fully saturated rings. The molecule has 0 aromatic carbocycles. The summed E-state index contributed by atoms with van der Waals surface area (Å²) in [7, 11) is 0. The van der Waals surface area contributed by atoms with Gasteiger partial charge in [0.1, 0.15) is 24.2 Å². The molecule has 2 atom stereocenters. The Bertz CT molecular complexity index is 675. The summed E-state index contributed by atoms with van der Waals surface area (Å²) in [4.78, 5) is 18.4. The van der Waals surface area contributed by atoms with Crippen molar-refractivity contribution in [2.45, 2.75) is 57.7 Å². The third kappa shape index (κ3) is 3.30.